The predicted molar refractivity (Wildman–Crippen MR) is 96.2 cm³/mol. The van der Waals surface area contributed by atoms with Gasteiger partial charge in [0.15, 0.2) is 0 Å². The molecular weight excluding hydrogens is 394 g/mol. The minimum Gasteiger partial charge on any atom is -0.481 e. The van der Waals surface area contributed by atoms with Crippen LogP contribution in [-0.2, 0) is 16.0 Å². The van der Waals surface area contributed by atoms with Crippen LogP contribution in [0, 0.1) is 6.92 Å². The number of aromatic nitrogens is 1. The molecule has 2 N–H and O–H groups in total. The fraction of sp³-hybridized carbons (Fsp3) is 0.250. The molecule has 0 unspecified atom stereocenters. The standard InChI is InChI=1S/C16H16BrN3O3S/c1-10-9-24-15(18-10)8-14(21)20-19-13(6-7-16(22)23)11-2-4-12(17)5-3-11/h2-5,9H,6-8H2,1H3,(H,20,21)(H,22,23)/b19-13-. The number of hydrogen-bond acceptors (Lipinski definition) is 5. The second-order valence-corrected chi connectivity index (χ2v) is 6.91. The highest BCUT2D eigenvalue weighted by Crippen LogP contribution is 2.13. The molecule has 0 saturated carbocycles. The molecule has 24 heavy (non-hydrogen) atoms. The third kappa shape index (κ3) is 5.86. The number of amides is 1. The summed E-state index contributed by atoms with van der Waals surface area (Å²) in [5.41, 5.74) is 4.66. The summed E-state index contributed by atoms with van der Waals surface area (Å²) in [5, 5.41) is 15.6. The number of thiazole rings is 1. The number of halogens is 1. The van der Waals surface area contributed by atoms with E-state index in [0.29, 0.717) is 5.71 Å². The van der Waals surface area contributed by atoms with Gasteiger partial charge in [-0.2, -0.15) is 5.10 Å². The van der Waals surface area contributed by atoms with Gasteiger partial charge >= 0.3 is 5.97 Å². The monoisotopic (exact) mass is 409 g/mol. The van der Waals surface area contributed by atoms with Crippen LogP contribution in [0.2, 0.25) is 0 Å². The quantitative estimate of drug-likeness (QED) is 0.542. The van der Waals surface area contributed by atoms with Crippen molar-refractivity contribution in [3.05, 3.63) is 50.4 Å². The lowest BCUT2D eigenvalue weighted by Gasteiger charge is -2.06. The van der Waals surface area contributed by atoms with Gasteiger partial charge in [-0.25, -0.2) is 10.4 Å². The molecular formula is C16H16BrN3O3S. The van der Waals surface area contributed by atoms with Crippen molar-refractivity contribution < 1.29 is 14.7 Å². The van der Waals surface area contributed by atoms with Gasteiger partial charge in [0.1, 0.15) is 5.01 Å². The SMILES string of the molecule is Cc1csc(CC(=O)N/N=C(/CCC(=O)O)c2ccc(Br)cc2)n1. The minimum absolute atomic E-state index is 0.0591. The van der Waals surface area contributed by atoms with Crippen molar-refractivity contribution in [2.24, 2.45) is 5.10 Å². The average Bonchev–Trinajstić information content (AvgIpc) is 2.93. The number of aryl methyl sites for hydroxylation is 1. The van der Waals surface area contributed by atoms with Gasteiger partial charge < -0.3 is 5.11 Å². The van der Waals surface area contributed by atoms with E-state index in [2.05, 4.69) is 31.4 Å². The third-order valence-corrected chi connectivity index (χ3v) is 4.54. The second-order valence-electron chi connectivity index (χ2n) is 5.05. The average molecular weight is 410 g/mol. The fourth-order valence-electron chi connectivity index (χ4n) is 1.92. The molecule has 2 aromatic rings. The van der Waals surface area contributed by atoms with Gasteiger partial charge in [0.2, 0.25) is 5.91 Å². The smallest absolute Gasteiger partial charge is 0.303 e. The van der Waals surface area contributed by atoms with Crippen molar-refractivity contribution in [3.8, 4) is 0 Å². The maximum Gasteiger partial charge on any atom is 0.303 e. The van der Waals surface area contributed by atoms with Crippen LogP contribution in [0.5, 0.6) is 0 Å². The van der Waals surface area contributed by atoms with Crippen molar-refractivity contribution in [1.82, 2.24) is 10.4 Å². The van der Waals surface area contributed by atoms with Crippen molar-refractivity contribution in [2.75, 3.05) is 0 Å². The van der Waals surface area contributed by atoms with E-state index in [0.717, 1.165) is 20.7 Å². The van der Waals surface area contributed by atoms with Gasteiger partial charge in [0, 0.05) is 22.0 Å². The van der Waals surface area contributed by atoms with Gasteiger partial charge in [-0.3, -0.25) is 9.59 Å². The molecule has 0 aliphatic carbocycles. The summed E-state index contributed by atoms with van der Waals surface area (Å²) in [6.45, 7) is 1.87. The Balaban J connectivity index is 2.07. The van der Waals surface area contributed by atoms with Crippen LogP contribution in [0.25, 0.3) is 0 Å². The van der Waals surface area contributed by atoms with E-state index in [1.165, 1.54) is 11.3 Å². The van der Waals surface area contributed by atoms with E-state index in [1.807, 2.05) is 36.6 Å². The molecule has 0 radical (unpaired) electrons. The van der Waals surface area contributed by atoms with Crippen molar-refractivity contribution in [2.45, 2.75) is 26.2 Å². The van der Waals surface area contributed by atoms with Gasteiger partial charge in [0.25, 0.3) is 0 Å². The van der Waals surface area contributed by atoms with Gasteiger partial charge in [-0.1, -0.05) is 28.1 Å². The molecule has 1 heterocycles. The summed E-state index contributed by atoms with van der Waals surface area (Å²) < 4.78 is 0.909. The zero-order chi connectivity index (χ0) is 17.5. The summed E-state index contributed by atoms with van der Waals surface area (Å²) in [6.07, 6.45) is 0.318. The van der Waals surface area contributed by atoms with E-state index in [-0.39, 0.29) is 25.2 Å². The lowest BCUT2D eigenvalue weighted by Crippen LogP contribution is -2.22. The zero-order valence-corrected chi connectivity index (χ0v) is 15.4. The Labute approximate surface area is 151 Å². The van der Waals surface area contributed by atoms with Crippen molar-refractivity contribution >= 4 is 44.9 Å². The number of carboxylic acids is 1. The van der Waals surface area contributed by atoms with Crippen LogP contribution < -0.4 is 5.43 Å². The first kappa shape index (κ1) is 18.3. The zero-order valence-electron chi connectivity index (χ0n) is 13.0. The summed E-state index contributed by atoms with van der Waals surface area (Å²) >= 11 is 4.77. The first-order valence-electron chi connectivity index (χ1n) is 7.18. The highest BCUT2D eigenvalue weighted by atomic mass is 79.9. The molecule has 6 nitrogen and oxygen atoms in total. The molecule has 8 heteroatoms. The molecule has 1 amide bonds. The third-order valence-electron chi connectivity index (χ3n) is 3.05. The normalized spacial score (nSPS) is 11.3. The van der Waals surface area contributed by atoms with Crippen LogP contribution in [-0.4, -0.2) is 27.7 Å². The van der Waals surface area contributed by atoms with E-state index in [9.17, 15) is 9.59 Å². The molecule has 1 aromatic carbocycles. The highest BCUT2D eigenvalue weighted by Gasteiger charge is 2.10. The first-order chi connectivity index (χ1) is 11.4. The predicted octanol–water partition coefficient (Wildman–Crippen LogP) is 3.14. The van der Waals surface area contributed by atoms with Crippen LogP contribution in [0.15, 0.2) is 39.2 Å². The first-order valence-corrected chi connectivity index (χ1v) is 8.85. The minimum atomic E-state index is -0.913. The maximum atomic E-state index is 12.0. The lowest BCUT2D eigenvalue weighted by molar-refractivity contribution is -0.136. The highest BCUT2D eigenvalue weighted by molar-refractivity contribution is 9.10. The van der Waals surface area contributed by atoms with Crippen LogP contribution in [0.1, 0.15) is 29.1 Å². The van der Waals surface area contributed by atoms with Crippen LogP contribution in [0.4, 0.5) is 0 Å². The summed E-state index contributed by atoms with van der Waals surface area (Å²) in [4.78, 5) is 27.0. The Hall–Kier alpha value is -2.06. The van der Waals surface area contributed by atoms with Crippen LogP contribution >= 0.6 is 27.3 Å². The van der Waals surface area contributed by atoms with E-state index in [1.54, 1.807) is 0 Å². The number of nitrogens with one attached hydrogen (secondary N) is 1. The van der Waals surface area contributed by atoms with Crippen molar-refractivity contribution in [3.63, 3.8) is 0 Å². The summed E-state index contributed by atoms with van der Waals surface area (Å²) in [6, 6.07) is 7.32. The number of hydrazone groups is 1. The Morgan fingerprint density at radius 1 is 1.29 bits per heavy atom. The number of aliphatic carboxylic acids is 1. The van der Waals surface area contributed by atoms with E-state index >= 15 is 0 Å². The molecule has 126 valence electrons. The summed E-state index contributed by atoms with van der Waals surface area (Å²) in [5.74, 6) is -1.20. The van der Waals surface area contributed by atoms with E-state index in [4.69, 9.17) is 5.11 Å². The molecule has 0 spiro atoms. The number of carbonyl (C=O) groups excluding carboxylic acids is 1. The summed E-state index contributed by atoms with van der Waals surface area (Å²) in [7, 11) is 0. The number of benzene rings is 1. The second kappa shape index (κ2) is 8.70. The van der Waals surface area contributed by atoms with Gasteiger partial charge in [0.05, 0.1) is 18.6 Å². The Morgan fingerprint density at radius 3 is 2.58 bits per heavy atom. The molecule has 2 rings (SSSR count). The largest absolute Gasteiger partial charge is 0.481 e. The van der Waals surface area contributed by atoms with Crippen molar-refractivity contribution in [1.29, 1.82) is 0 Å². The molecule has 0 aliphatic heterocycles. The molecule has 0 fully saturated rings. The fourth-order valence-corrected chi connectivity index (χ4v) is 2.96. The molecule has 0 bridgehead atoms. The Morgan fingerprint density at radius 2 is 2.00 bits per heavy atom. The Bertz CT molecular complexity index is 756. The van der Waals surface area contributed by atoms with Gasteiger partial charge in [-0.05, 0) is 24.6 Å². The maximum absolute atomic E-state index is 12.0. The Kier molecular flexibility index (Phi) is 6.62. The molecule has 0 saturated heterocycles. The number of hydrogen-bond donors (Lipinski definition) is 2. The lowest BCUT2D eigenvalue weighted by atomic mass is 10.1. The number of carbonyl (C=O) groups is 2. The van der Waals surface area contributed by atoms with Crippen LogP contribution in [0.3, 0.4) is 0 Å². The molecule has 1 aromatic heterocycles. The van der Waals surface area contributed by atoms with E-state index < -0.39 is 5.97 Å². The molecule has 0 atom stereocenters. The van der Waals surface area contributed by atoms with Gasteiger partial charge in [-0.15, -0.1) is 11.3 Å². The topological polar surface area (TPSA) is 91.7 Å². The number of carboxylic acid groups (broad SMARTS) is 1. The number of rotatable bonds is 7. The molecule has 0 aliphatic rings. The number of nitrogens with zero attached hydrogens (tertiary/aromatic N) is 2.